The highest BCUT2D eigenvalue weighted by atomic mass is 16.2. The molecule has 1 fully saturated rings. The molecule has 0 aromatic carbocycles. The smallest absolute Gasteiger partial charge is 0.240 e. The molecule has 1 saturated heterocycles. The summed E-state index contributed by atoms with van der Waals surface area (Å²) in [6.07, 6.45) is 5.79. The lowest BCUT2D eigenvalue weighted by Crippen LogP contribution is -2.31. The van der Waals surface area contributed by atoms with E-state index in [4.69, 9.17) is 0 Å². The maximum Gasteiger partial charge on any atom is 0.240 e. The zero-order chi connectivity index (χ0) is 11.8. The maximum atomic E-state index is 11.4. The van der Waals surface area contributed by atoms with Gasteiger partial charge in [-0.25, -0.2) is 5.43 Å². The number of hydrazone groups is 1. The molecule has 1 amide bonds. The third-order valence-corrected chi connectivity index (χ3v) is 2.91. The van der Waals surface area contributed by atoms with Gasteiger partial charge in [0, 0.05) is 38.1 Å². The van der Waals surface area contributed by atoms with Crippen molar-refractivity contribution in [2.24, 2.45) is 5.10 Å². The third kappa shape index (κ3) is 5.26. The second-order valence-corrected chi connectivity index (χ2v) is 4.47. The molecule has 0 spiro atoms. The first-order chi connectivity index (χ1) is 7.72. The number of piperidine rings is 1. The lowest BCUT2D eigenvalue weighted by Gasteiger charge is -2.22. The third-order valence-electron chi connectivity index (χ3n) is 2.91. The number of carbonyl (C=O) groups is 1. The first-order valence-electron chi connectivity index (χ1n) is 6.25. The van der Waals surface area contributed by atoms with Crippen molar-refractivity contribution in [1.29, 1.82) is 0 Å². The molecule has 92 valence electrons. The van der Waals surface area contributed by atoms with E-state index < -0.39 is 0 Å². The van der Waals surface area contributed by atoms with E-state index in [-0.39, 0.29) is 5.91 Å². The first kappa shape index (κ1) is 13.2. The molecule has 4 heteroatoms. The average Bonchev–Trinajstić information content (AvgIpc) is 2.29. The molecule has 0 atom stereocenters. The fourth-order valence-corrected chi connectivity index (χ4v) is 1.72. The summed E-state index contributed by atoms with van der Waals surface area (Å²) in [5.41, 5.74) is 3.78. The molecule has 4 nitrogen and oxygen atoms in total. The Morgan fingerprint density at radius 2 is 2.06 bits per heavy atom. The van der Waals surface area contributed by atoms with Gasteiger partial charge in [-0.1, -0.05) is 19.8 Å². The monoisotopic (exact) mass is 225 g/mol. The van der Waals surface area contributed by atoms with Gasteiger partial charge in [0.2, 0.25) is 5.91 Å². The van der Waals surface area contributed by atoms with Gasteiger partial charge in [0.1, 0.15) is 0 Å². The minimum absolute atomic E-state index is 0.0554. The molecule has 1 aliphatic heterocycles. The summed E-state index contributed by atoms with van der Waals surface area (Å²) in [5, 5.41) is 4.19. The molecular formula is C12H23N3O. The minimum atomic E-state index is 0.0554. The Morgan fingerprint density at radius 1 is 1.38 bits per heavy atom. The summed E-state index contributed by atoms with van der Waals surface area (Å²) < 4.78 is 0. The normalized spacial score (nSPS) is 17.2. The average molecular weight is 225 g/mol. The number of likely N-dealkylation sites (tertiary alicyclic amines) is 1. The number of nitrogens with one attached hydrogen (secondary N) is 1. The predicted molar refractivity (Wildman–Crippen MR) is 66.5 cm³/mol. The summed E-state index contributed by atoms with van der Waals surface area (Å²) in [7, 11) is 2.11. The molecule has 0 bridgehead atoms. The topological polar surface area (TPSA) is 44.7 Å². The van der Waals surface area contributed by atoms with Gasteiger partial charge >= 0.3 is 0 Å². The lowest BCUT2D eigenvalue weighted by atomic mass is 10.1. The Hall–Kier alpha value is -0.900. The lowest BCUT2D eigenvalue weighted by molar-refractivity contribution is -0.121. The van der Waals surface area contributed by atoms with Crippen LogP contribution in [0, 0.1) is 0 Å². The summed E-state index contributed by atoms with van der Waals surface area (Å²) in [6, 6.07) is 0. The van der Waals surface area contributed by atoms with Crippen LogP contribution in [0.1, 0.15) is 45.4 Å². The van der Waals surface area contributed by atoms with Crippen LogP contribution in [0.5, 0.6) is 0 Å². The van der Waals surface area contributed by atoms with E-state index >= 15 is 0 Å². The van der Waals surface area contributed by atoms with Gasteiger partial charge in [-0.15, -0.1) is 0 Å². The van der Waals surface area contributed by atoms with Crippen molar-refractivity contribution in [2.45, 2.75) is 45.4 Å². The maximum absolute atomic E-state index is 11.4. The van der Waals surface area contributed by atoms with Gasteiger partial charge in [0.05, 0.1) is 0 Å². The molecule has 0 radical (unpaired) electrons. The van der Waals surface area contributed by atoms with Gasteiger partial charge in [-0.2, -0.15) is 5.10 Å². The number of hydrogen-bond acceptors (Lipinski definition) is 3. The second-order valence-electron chi connectivity index (χ2n) is 4.47. The number of nitrogens with zero attached hydrogens (tertiary/aromatic N) is 2. The molecule has 1 N–H and O–H groups in total. The highest BCUT2D eigenvalue weighted by molar-refractivity contribution is 5.87. The number of carbonyl (C=O) groups excluding carboxylic acids is 1. The predicted octanol–water partition coefficient (Wildman–Crippen LogP) is 1.76. The first-order valence-corrected chi connectivity index (χ1v) is 6.25. The van der Waals surface area contributed by atoms with Crippen molar-refractivity contribution in [3.63, 3.8) is 0 Å². The molecule has 1 heterocycles. The van der Waals surface area contributed by atoms with Crippen LogP contribution < -0.4 is 5.43 Å². The standard InChI is InChI=1S/C12H23N3O/c1-3-4-5-6-12(16)14-13-11-7-9-15(2)10-8-11/h3-10H2,1-2H3,(H,14,16). The number of hydrogen-bond donors (Lipinski definition) is 1. The minimum Gasteiger partial charge on any atom is -0.306 e. The molecule has 16 heavy (non-hydrogen) atoms. The molecule has 0 aromatic heterocycles. The van der Waals surface area contributed by atoms with Gasteiger partial charge in [-0.3, -0.25) is 4.79 Å². The second kappa shape index (κ2) is 7.39. The summed E-state index contributed by atoms with van der Waals surface area (Å²) in [4.78, 5) is 13.7. The van der Waals surface area contributed by atoms with Crippen molar-refractivity contribution < 1.29 is 4.79 Å². The Bertz CT molecular complexity index is 241. The van der Waals surface area contributed by atoms with Crippen LogP contribution in [0.3, 0.4) is 0 Å². The van der Waals surface area contributed by atoms with E-state index in [0.717, 1.165) is 50.9 Å². The largest absolute Gasteiger partial charge is 0.306 e. The quantitative estimate of drug-likeness (QED) is 0.572. The van der Waals surface area contributed by atoms with Crippen LogP contribution in [0.15, 0.2) is 5.10 Å². The SMILES string of the molecule is CCCCCC(=O)NN=C1CCN(C)CC1. The fraction of sp³-hybridized carbons (Fsp3) is 0.833. The van der Waals surface area contributed by atoms with Crippen LogP contribution in [0.2, 0.25) is 0 Å². The molecular weight excluding hydrogens is 202 g/mol. The van der Waals surface area contributed by atoms with E-state index in [2.05, 4.69) is 29.4 Å². The van der Waals surface area contributed by atoms with Crippen molar-refractivity contribution >= 4 is 11.6 Å². The Kier molecular flexibility index (Phi) is 6.08. The Labute approximate surface area is 98.1 Å². The van der Waals surface area contributed by atoms with Crippen molar-refractivity contribution in [2.75, 3.05) is 20.1 Å². The summed E-state index contributed by atoms with van der Waals surface area (Å²) in [5.74, 6) is 0.0554. The number of amides is 1. The summed E-state index contributed by atoms with van der Waals surface area (Å²) >= 11 is 0. The molecule has 1 rings (SSSR count). The zero-order valence-electron chi connectivity index (χ0n) is 10.5. The highest BCUT2D eigenvalue weighted by Gasteiger charge is 2.11. The van der Waals surface area contributed by atoms with E-state index in [1.165, 1.54) is 0 Å². The molecule has 0 saturated carbocycles. The van der Waals surface area contributed by atoms with Gasteiger partial charge < -0.3 is 4.90 Å². The van der Waals surface area contributed by atoms with Crippen LogP contribution in [0.25, 0.3) is 0 Å². The van der Waals surface area contributed by atoms with E-state index in [1.807, 2.05) is 0 Å². The van der Waals surface area contributed by atoms with Crippen LogP contribution in [-0.4, -0.2) is 36.7 Å². The number of rotatable bonds is 5. The van der Waals surface area contributed by atoms with Gasteiger partial charge in [0.25, 0.3) is 0 Å². The van der Waals surface area contributed by atoms with E-state index in [0.29, 0.717) is 6.42 Å². The van der Waals surface area contributed by atoms with E-state index in [1.54, 1.807) is 0 Å². The van der Waals surface area contributed by atoms with Crippen LogP contribution >= 0.6 is 0 Å². The molecule has 0 aromatic rings. The van der Waals surface area contributed by atoms with Crippen LogP contribution in [0.4, 0.5) is 0 Å². The summed E-state index contributed by atoms with van der Waals surface area (Å²) in [6.45, 7) is 4.23. The Balaban J connectivity index is 2.17. The van der Waals surface area contributed by atoms with E-state index in [9.17, 15) is 4.79 Å². The molecule has 0 unspecified atom stereocenters. The zero-order valence-corrected chi connectivity index (χ0v) is 10.5. The Morgan fingerprint density at radius 3 is 2.69 bits per heavy atom. The molecule has 0 aliphatic carbocycles. The van der Waals surface area contributed by atoms with Crippen molar-refractivity contribution in [3.05, 3.63) is 0 Å². The number of unbranched alkanes of at least 4 members (excludes halogenated alkanes) is 2. The van der Waals surface area contributed by atoms with Gasteiger partial charge in [0.15, 0.2) is 0 Å². The molecule has 1 aliphatic rings. The highest BCUT2D eigenvalue weighted by Crippen LogP contribution is 2.04. The van der Waals surface area contributed by atoms with Gasteiger partial charge in [-0.05, 0) is 13.5 Å². The van der Waals surface area contributed by atoms with Crippen LogP contribution in [-0.2, 0) is 4.79 Å². The van der Waals surface area contributed by atoms with Crippen molar-refractivity contribution in [1.82, 2.24) is 10.3 Å². The fourth-order valence-electron chi connectivity index (χ4n) is 1.72. The van der Waals surface area contributed by atoms with Crippen molar-refractivity contribution in [3.8, 4) is 0 Å².